The van der Waals surface area contributed by atoms with Crippen LogP contribution in [0.5, 0.6) is 0 Å². The third kappa shape index (κ3) is 5.43. The maximum Gasteiger partial charge on any atom is 0.303 e. The van der Waals surface area contributed by atoms with Crippen LogP contribution in [0, 0.1) is 0 Å². The number of carboxylic acids is 1. The van der Waals surface area contributed by atoms with E-state index in [4.69, 9.17) is 9.84 Å². The van der Waals surface area contributed by atoms with E-state index in [9.17, 15) is 4.79 Å². The molecule has 3 heteroatoms. The summed E-state index contributed by atoms with van der Waals surface area (Å²) in [6, 6.07) is 20.5. The van der Waals surface area contributed by atoms with Gasteiger partial charge < -0.3 is 9.84 Å². The number of carboxylic acid groups (broad SMARTS) is 1. The van der Waals surface area contributed by atoms with E-state index in [1.165, 1.54) is 0 Å². The highest BCUT2D eigenvalue weighted by Crippen LogP contribution is 2.41. The van der Waals surface area contributed by atoms with Crippen LogP contribution in [-0.4, -0.2) is 17.7 Å². The Morgan fingerprint density at radius 1 is 1.00 bits per heavy atom. The fraction of sp³-hybridized carbons (Fsp3) is 0.320. The number of hydrogen-bond acceptors (Lipinski definition) is 2. The molecule has 0 aromatic heterocycles. The Morgan fingerprint density at radius 3 is 2.04 bits per heavy atom. The van der Waals surface area contributed by atoms with Crippen LogP contribution in [0.2, 0.25) is 0 Å². The Labute approximate surface area is 168 Å². The first-order valence-corrected chi connectivity index (χ1v) is 9.95. The van der Waals surface area contributed by atoms with Gasteiger partial charge in [-0.1, -0.05) is 85.8 Å². The first-order chi connectivity index (χ1) is 13.6. The van der Waals surface area contributed by atoms with E-state index in [2.05, 4.69) is 43.3 Å². The number of ether oxygens (including phenoxy) is 1. The second-order valence-electron chi connectivity index (χ2n) is 6.68. The van der Waals surface area contributed by atoms with Gasteiger partial charge in [-0.2, -0.15) is 0 Å². The zero-order valence-corrected chi connectivity index (χ0v) is 16.8. The van der Waals surface area contributed by atoms with E-state index in [0.717, 1.165) is 23.1 Å². The van der Waals surface area contributed by atoms with Crippen LogP contribution in [0.25, 0.3) is 0 Å². The summed E-state index contributed by atoms with van der Waals surface area (Å²) < 4.78 is 6.64. The molecular formula is C25H30O3. The lowest BCUT2D eigenvalue weighted by Crippen LogP contribution is -2.34. The Balaban J connectivity index is 2.52. The highest BCUT2D eigenvalue weighted by Gasteiger charge is 2.38. The molecular weight excluding hydrogens is 348 g/mol. The Hall–Kier alpha value is -2.65. The molecule has 1 N–H and O–H groups in total. The number of allylic oxidation sites excluding steroid dienone is 2. The number of hydrogen-bond donors (Lipinski definition) is 1. The molecule has 0 radical (unpaired) electrons. The van der Waals surface area contributed by atoms with E-state index < -0.39 is 11.6 Å². The predicted molar refractivity (Wildman–Crippen MR) is 114 cm³/mol. The Kier molecular flexibility index (Phi) is 8.70. The van der Waals surface area contributed by atoms with Gasteiger partial charge in [0.15, 0.2) is 0 Å². The van der Waals surface area contributed by atoms with Gasteiger partial charge in [0.05, 0.1) is 0 Å². The second-order valence-corrected chi connectivity index (χ2v) is 6.68. The van der Waals surface area contributed by atoms with Crippen molar-refractivity contribution in [3.63, 3.8) is 0 Å². The van der Waals surface area contributed by atoms with Crippen molar-refractivity contribution in [1.82, 2.24) is 0 Å². The summed E-state index contributed by atoms with van der Waals surface area (Å²) in [5.74, 6) is -0.766. The minimum absolute atomic E-state index is 0.166. The first kappa shape index (κ1) is 21.6. The van der Waals surface area contributed by atoms with Gasteiger partial charge in [0.25, 0.3) is 0 Å². The van der Waals surface area contributed by atoms with Gasteiger partial charge in [0.1, 0.15) is 5.60 Å². The van der Waals surface area contributed by atoms with Crippen molar-refractivity contribution >= 4 is 5.97 Å². The van der Waals surface area contributed by atoms with Crippen LogP contribution in [0.15, 0.2) is 84.5 Å². The Morgan fingerprint density at radius 2 is 1.57 bits per heavy atom. The average molecular weight is 379 g/mol. The lowest BCUT2D eigenvalue weighted by Gasteiger charge is -2.37. The van der Waals surface area contributed by atoms with Crippen LogP contribution < -0.4 is 0 Å². The molecule has 0 unspecified atom stereocenters. The van der Waals surface area contributed by atoms with E-state index in [-0.39, 0.29) is 6.42 Å². The molecule has 0 bridgehead atoms. The molecule has 2 rings (SSSR count). The summed E-state index contributed by atoms with van der Waals surface area (Å²) in [5.41, 5.74) is 2.50. The molecule has 2 aromatic carbocycles. The number of carbonyl (C=O) groups is 1. The zero-order chi connectivity index (χ0) is 20.2. The summed E-state index contributed by atoms with van der Waals surface area (Å²) >= 11 is 0. The topological polar surface area (TPSA) is 46.5 Å². The van der Waals surface area contributed by atoms with E-state index >= 15 is 0 Å². The van der Waals surface area contributed by atoms with Gasteiger partial charge in [-0.25, -0.2) is 0 Å². The second kappa shape index (κ2) is 11.3. The maximum absolute atomic E-state index is 10.8. The van der Waals surface area contributed by atoms with Crippen LogP contribution >= 0.6 is 0 Å². The standard InChI is InChI=1S/C25H30O3/c1-3-13-21(14-4-2)25(22-15-7-5-8-16-22,23-17-9-6-10-18-23)28-20-12-11-19-24(26)27/h3,5-10,13-18H,4,11-12,19-20H2,1-2H3,(H,26,27)/b13-3-,21-14+. The van der Waals surface area contributed by atoms with Crippen LogP contribution in [-0.2, 0) is 15.1 Å². The third-order valence-electron chi connectivity index (χ3n) is 4.64. The summed E-state index contributed by atoms with van der Waals surface area (Å²) in [5, 5.41) is 8.90. The average Bonchev–Trinajstić information content (AvgIpc) is 2.72. The minimum atomic E-state index is -0.766. The van der Waals surface area contributed by atoms with Crippen molar-refractivity contribution in [3.05, 3.63) is 95.6 Å². The number of benzene rings is 2. The molecule has 2 aromatic rings. The first-order valence-electron chi connectivity index (χ1n) is 9.95. The molecule has 3 nitrogen and oxygen atoms in total. The van der Waals surface area contributed by atoms with Crippen molar-refractivity contribution in [3.8, 4) is 0 Å². The quantitative estimate of drug-likeness (QED) is 0.379. The number of aliphatic carboxylic acids is 1. The highest BCUT2D eigenvalue weighted by molar-refractivity contribution is 5.66. The predicted octanol–water partition coefficient (Wildman–Crippen LogP) is 6.11. The molecule has 0 fully saturated rings. The van der Waals surface area contributed by atoms with Gasteiger partial charge in [-0.05, 0) is 42.9 Å². The monoisotopic (exact) mass is 378 g/mol. The fourth-order valence-electron chi connectivity index (χ4n) is 3.43. The van der Waals surface area contributed by atoms with Crippen molar-refractivity contribution in [1.29, 1.82) is 0 Å². The van der Waals surface area contributed by atoms with E-state index in [1.807, 2.05) is 49.4 Å². The number of rotatable bonds is 11. The van der Waals surface area contributed by atoms with Crippen molar-refractivity contribution in [2.75, 3.05) is 6.61 Å². The molecule has 148 valence electrons. The highest BCUT2D eigenvalue weighted by atomic mass is 16.5. The lowest BCUT2D eigenvalue weighted by atomic mass is 9.79. The summed E-state index contributed by atoms with van der Waals surface area (Å²) in [7, 11) is 0. The van der Waals surface area contributed by atoms with Gasteiger partial charge in [0.2, 0.25) is 0 Å². The van der Waals surface area contributed by atoms with Crippen molar-refractivity contribution < 1.29 is 14.6 Å². The van der Waals surface area contributed by atoms with Gasteiger partial charge in [0, 0.05) is 13.0 Å². The Bertz CT molecular complexity index is 736. The molecule has 28 heavy (non-hydrogen) atoms. The number of unbranched alkanes of at least 4 members (excludes halogenated alkanes) is 1. The molecule has 0 aliphatic rings. The molecule has 0 amide bonds. The fourth-order valence-corrected chi connectivity index (χ4v) is 3.43. The molecule has 0 saturated carbocycles. The van der Waals surface area contributed by atoms with E-state index in [1.54, 1.807) is 0 Å². The zero-order valence-electron chi connectivity index (χ0n) is 16.8. The molecule has 0 spiro atoms. The smallest absolute Gasteiger partial charge is 0.303 e. The summed E-state index contributed by atoms with van der Waals surface area (Å²) in [6.07, 6.45) is 8.71. The van der Waals surface area contributed by atoms with Crippen molar-refractivity contribution in [2.45, 2.75) is 45.1 Å². The van der Waals surface area contributed by atoms with Gasteiger partial charge in [-0.15, -0.1) is 0 Å². The van der Waals surface area contributed by atoms with Crippen LogP contribution in [0.4, 0.5) is 0 Å². The molecule has 0 atom stereocenters. The molecule has 0 aliphatic carbocycles. The third-order valence-corrected chi connectivity index (χ3v) is 4.64. The van der Waals surface area contributed by atoms with Crippen LogP contribution in [0.1, 0.15) is 50.7 Å². The van der Waals surface area contributed by atoms with Gasteiger partial charge in [-0.3, -0.25) is 4.79 Å². The summed E-state index contributed by atoms with van der Waals surface area (Å²) in [6.45, 7) is 4.61. The SMILES string of the molecule is C/C=C\C(=C/CC)C(OCCCCC(=O)O)(c1ccccc1)c1ccccc1. The largest absolute Gasteiger partial charge is 0.481 e. The van der Waals surface area contributed by atoms with Crippen LogP contribution in [0.3, 0.4) is 0 Å². The van der Waals surface area contributed by atoms with Gasteiger partial charge >= 0.3 is 5.97 Å². The lowest BCUT2D eigenvalue weighted by molar-refractivity contribution is -0.137. The normalized spacial score (nSPS) is 12.4. The molecule has 0 heterocycles. The molecule has 0 saturated heterocycles. The van der Waals surface area contributed by atoms with Crippen molar-refractivity contribution in [2.24, 2.45) is 0 Å². The maximum atomic E-state index is 10.8. The molecule has 0 aliphatic heterocycles. The summed E-state index contributed by atoms with van der Waals surface area (Å²) in [4.78, 5) is 10.8. The van der Waals surface area contributed by atoms with E-state index in [0.29, 0.717) is 19.4 Å². The minimum Gasteiger partial charge on any atom is -0.481 e.